The van der Waals surface area contributed by atoms with Crippen molar-refractivity contribution in [2.75, 3.05) is 19.6 Å². The van der Waals surface area contributed by atoms with Gasteiger partial charge in [0.1, 0.15) is 18.4 Å². The predicted octanol–water partition coefficient (Wildman–Crippen LogP) is 3.24. The van der Waals surface area contributed by atoms with Gasteiger partial charge in [-0.2, -0.15) is 0 Å². The molecule has 0 unspecified atom stereocenters. The molecule has 1 atom stereocenters. The predicted molar refractivity (Wildman–Crippen MR) is 100 cm³/mol. The maximum atomic E-state index is 12.7. The molecule has 4 nitrogen and oxygen atoms in total. The second kappa shape index (κ2) is 10.6. The first-order chi connectivity index (χ1) is 14.0. The fourth-order valence-electron chi connectivity index (χ4n) is 2.22. The number of carbonyl (C=O) groups is 1. The molecular formula is C21H27NO3. The Morgan fingerprint density at radius 2 is 1.96 bits per heavy atom. The highest BCUT2D eigenvalue weighted by Crippen LogP contribution is 2.20. The number of nitrogens with one attached hydrogen (secondary N) is 1. The van der Waals surface area contributed by atoms with E-state index in [0.29, 0.717) is 12.8 Å². The van der Waals surface area contributed by atoms with Crippen LogP contribution in [0.3, 0.4) is 0 Å². The molecule has 25 heavy (non-hydrogen) atoms. The highest BCUT2D eigenvalue weighted by molar-refractivity contribution is 5.98. The number of hydrogen-bond donors (Lipinski definition) is 2. The molecule has 2 N–H and O–H groups in total. The van der Waals surface area contributed by atoms with Crippen LogP contribution in [0.1, 0.15) is 42.5 Å². The van der Waals surface area contributed by atoms with Gasteiger partial charge in [0.15, 0.2) is 5.78 Å². The second-order valence-corrected chi connectivity index (χ2v) is 5.51. The van der Waals surface area contributed by atoms with Crippen molar-refractivity contribution >= 4 is 5.78 Å². The summed E-state index contributed by atoms with van der Waals surface area (Å²) >= 11 is 0. The summed E-state index contributed by atoms with van der Waals surface area (Å²) < 4.78 is 45.1. The zero-order valence-electron chi connectivity index (χ0n) is 19.3. The molecule has 0 amide bonds. The average molecular weight is 346 g/mol. The topological polar surface area (TPSA) is 58.6 Å². The molecule has 2 aromatic rings. The van der Waals surface area contributed by atoms with Crippen molar-refractivity contribution < 1.29 is 21.5 Å². The quantitative estimate of drug-likeness (QED) is 0.613. The standard InChI is InChI=1S/C21H27NO3/c1-2-14-22-15-18(23)16-25-21-11-7-6-10-19(21)20(24)13-12-17-8-4-3-5-9-17/h3-11,18,22-23H,2,12-16H2,1H3/t18-/m1/s1/i15D2,16D2,18D. The molecule has 0 aliphatic heterocycles. The second-order valence-electron chi connectivity index (χ2n) is 5.51. The molecule has 0 radical (unpaired) electrons. The summed E-state index contributed by atoms with van der Waals surface area (Å²) in [4.78, 5) is 12.7. The van der Waals surface area contributed by atoms with Gasteiger partial charge in [0.05, 0.1) is 9.68 Å². The molecule has 0 spiro atoms. The van der Waals surface area contributed by atoms with E-state index in [-0.39, 0.29) is 30.1 Å². The molecule has 0 aliphatic rings. The van der Waals surface area contributed by atoms with Gasteiger partial charge in [-0.3, -0.25) is 4.79 Å². The Balaban J connectivity index is 2.20. The number of rotatable bonds is 11. The third-order valence-corrected chi connectivity index (χ3v) is 3.51. The van der Waals surface area contributed by atoms with E-state index in [0.717, 1.165) is 5.56 Å². The van der Waals surface area contributed by atoms with Gasteiger partial charge in [-0.25, -0.2) is 0 Å². The van der Waals surface area contributed by atoms with Crippen molar-refractivity contribution in [3.05, 3.63) is 65.7 Å². The van der Waals surface area contributed by atoms with Gasteiger partial charge in [-0.15, -0.1) is 0 Å². The maximum Gasteiger partial charge on any atom is 0.166 e. The number of para-hydroxylation sites is 1. The van der Waals surface area contributed by atoms with E-state index in [1.807, 2.05) is 30.3 Å². The normalized spacial score (nSPS) is 17.3. The van der Waals surface area contributed by atoms with E-state index >= 15 is 0 Å². The van der Waals surface area contributed by atoms with E-state index in [1.165, 1.54) is 18.2 Å². The van der Waals surface area contributed by atoms with E-state index in [9.17, 15) is 9.90 Å². The monoisotopic (exact) mass is 346 g/mol. The van der Waals surface area contributed by atoms with Crippen LogP contribution < -0.4 is 10.1 Å². The lowest BCUT2D eigenvalue weighted by Gasteiger charge is -2.15. The van der Waals surface area contributed by atoms with E-state index in [2.05, 4.69) is 5.32 Å². The number of benzene rings is 2. The minimum Gasteiger partial charge on any atom is -0.490 e. The Bertz CT molecular complexity index is 844. The van der Waals surface area contributed by atoms with Gasteiger partial charge in [-0.1, -0.05) is 49.4 Å². The zero-order chi connectivity index (χ0) is 22.4. The van der Waals surface area contributed by atoms with Crippen LogP contribution in [0.5, 0.6) is 5.75 Å². The van der Waals surface area contributed by atoms with E-state index < -0.39 is 19.1 Å². The Kier molecular flexibility index (Phi) is 5.57. The SMILES string of the molecule is [2H]C([2H])(NCCC)[C@@]([2H])(O)C([2H])([2H])Oc1ccccc1C(=O)CCc1ccccc1. The number of aryl methyl sites for hydroxylation is 1. The highest BCUT2D eigenvalue weighted by atomic mass is 16.5. The summed E-state index contributed by atoms with van der Waals surface area (Å²) in [6.07, 6.45) is -2.10. The van der Waals surface area contributed by atoms with Crippen LogP contribution in [0, 0.1) is 0 Å². The van der Waals surface area contributed by atoms with Gasteiger partial charge < -0.3 is 15.2 Å². The van der Waals surface area contributed by atoms with E-state index in [4.69, 9.17) is 11.6 Å². The molecule has 0 saturated carbocycles. The first-order valence-corrected chi connectivity index (χ1v) is 8.34. The molecule has 0 fully saturated rings. The third kappa shape index (κ3) is 6.69. The first kappa shape index (κ1) is 13.1. The van der Waals surface area contributed by atoms with Gasteiger partial charge in [0.25, 0.3) is 0 Å². The van der Waals surface area contributed by atoms with Crippen LogP contribution >= 0.6 is 0 Å². The number of carbonyl (C=O) groups excluding carboxylic acids is 1. The Morgan fingerprint density at radius 3 is 2.72 bits per heavy atom. The Morgan fingerprint density at radius 1 is 1.24 bits per heavy atom. The lowest BCUT2D eigenvalue weighted by Crippen LogP contribution is -2.32. The van der Waals surface area contributed by atoms with Gasteiger partial charge in [0.2, 0.25) is 0 Å². The van der Waals surface area contributed by atoms with Gasteiger partial charge in [0, 0.05) is 15.7 Å². The summed E-state index contributed by atoms with van der Waals surface area (Å²) in [5, 5.41) is 12.7. The minimum absolute atomic E-state index is 0.107. The molecule has 4 heteroatoms. The summed E-state index contributed by atoms with van der Waals surface area (Å²) in [7, 11) is 0. The van der Waals surface area contributed by atoms with Crippen LogP contribution in [0.15, 0.2) is 54.6 Å². The van der Waals surface area contributed by atoms with Crippen molar-refractivity contribution in [3.63, 3.8) is 0 Å². The lowest BCUT2D eigenvalue weighted by atomic mass is 10.0. The molecule has 0 aromatic heterocycles. The van der Waals surface area contributed by atoms with Gasteiger partial charge >= 0.3 is 0 Å². The summed E-state index contributed by atoms with van der Waals surface area (Å²) in [5.41, 5.74) is 1.09. The summed E-state index contributed by atoms with van der Waals surface area (Å²) in [5.74, 6) is -0.441. The third-order valence-electron chi connectivity index (χ3n) is 3.51. The Hall–Kier alpha value is -2.17. The lowest BCUT2D eigenvalue weighted by molar-refractivity contribution is 0.0950. The summed E-state index contributed by atoms with van der Waals surface area (Å²) in [6.45, 7) is -4.03. The first-order valence-electron chi connectivity index (χ1n) is 10.8. The molecule has 0 aliphatic carbocycles. The van der Waals surface area contributed by atoms with Crippen LogP contribution in [-0.4, -0.2) is 36.6 Å². The molecule has 0 bridgehead atoms. The highest BCUT2D eigenvalue weighted by Gasteiger charge is 2.13. The largest absolute Gasteiger partial charge is 0.490 e. The van der Waals surface area contributed by atoms with Crippen molar-refractivity contribution in [2.45, 2.75) is 32.3 Å². The number of ketones is 1. The average Bonchev–Trinajstić information content (AvgIpc) is 2.71. The molecular weight excluding hydrogens is 314 g/mol. The van der Waals surface area contributed by atoms with Gasteiger partial charge in [-0.05, 0) is 37.1 Å². The zero-order valence-corrected chi connectivity index (χ0v) is 14.3. The van der Waals surface area contributed by atoms with Crippen molar-refractivity contribution in [1.82, 2.24) is 5.32 Å². The van der Waals surface area contributed by atoms with Crippen LogP contribution in [0.25, 0.3) is 0 Å². The molecule has 2 aromatic carbocycles. The molecule has 0 saturated heterocycles. The number of Topliss-reactive ketones (excluding diaryl/α,β-unsaturated/α-hetero) is 1. The van der Waals surface area contributed by atoms with Crippen molar-refractivity contribution in [3.8, 4) is 5.75 Å². The van der Waals surface area contributed by atoms with Crippen LogP contribution in [0.4, 0.5) is 0 Å². The van der Waals surface area contributed by atoms with Crippen LogP contribution in [0.2, 0.25) is 0 Å². The smallest absolute Gasteiger partial charge is 0.166 e. The summed E-state index contributed by atoms with van der Waals surface area (Å²) in [6, 6.07) is 15.4. The number of hydrogen-bond acceptors (Lipinski definition) is 4. The fraction of sp³-hybridized carbons (Fsp3) is 0.381. The Labute approximate surface area is 156 Å². The van der Waals surface area contributed by atoms with Crippen molar-refractivity contribution in [1.29, 1.82) is 0 Å². The van der Waals surface area contributed by atoms with Crippen molar-refractivity contribution in [2.24, 2.45) is 0 Å². The fourth-order valence-corrected chi connectivity index (χ4v) is 2.22. The molecule has 2 rings (SSSR count). The molecule has 134 valence electrons. The van der Waals surface area contributed by atoms with Crippen LogP contribution in [-0.2, 0) is 6.42 Å². The minimum atomic E-state index is -3.28. The number of ether oxygens (including phenoxy) is 1. The number of aliphatic hydroxyl groups is 1. The molecule has 0 heterocycles. The maximum absolute atomic E-state index is 12.7. The van der Waals surface area contributed by atoms with E-state index in [1.54, 1.807) is 13.0 Å².